The fourth-order valence-electron chi connectivity index (χ4n) is 0.938. The molecule has 1 aromatic carbocycles. The Morgan fingerprint density at radius 3 is 2.71 bits per heavy atom. The van der Waals surface area contributed by atoms with E-state index in [1.807, 2.05) is 22.6 Å². The normalized spacial score (nSPS) is 9.57. The summed E-state index contributed by atoms with van der Waals surface area (Å²) in [6, 6.07) is 4.36. The highest BCUT2D eigenvalue weighted by Crippen LogP contribution is 2.21. The van der Waals surface area contributed by atoms with E-state index in [-0.39, 0.29) is 11.6 Å². The van der Waals surface area contributed by atoms with Gasteiger partial charge in [-0.1, -0.05) is 0 Å². The number of hydrogen-bond donors (Lipinski definition) is 1. The second-order valence-corrected chi connectivity index (χ2v) is 3.66. The van der Waals surface area contributed by atoms with Gasteiger partial charge >= 0.3 is 0 Å². The quantitative estimate of drug-likeness (QED) is 0.512. The van der Waals surface area contributed by atoms with E-state index >= 15 is 0 Å². The third-order valence-electron chi connectivity index (χ3n) is 1.63. The van der Waals surface area contributed by atoms with E-state index in [2.05, 4.69) is 5.32 Å². The standard InChI is InChI=1S/C8H7IN2O3/c1-10-8(12)5-2-3-6(9)7(4-5)11(13)14/h2-4H,1H3,(H,10,12). The van der Waals surface area contributed by atoms with Gasteiger partial charge in [0.1, 0.15) is 0 Å². The summed E-state index contributed by atoms with van der Waals surface area (Å²) in [5, 5.41) is 13.0. The lowest BCUT2D eigenvalue weighted by molar-refractivity contribution is -0.385. The average Bonchev–Trinajstić information content (AvgIpc) is 2.17. The first kappa shape index (κ1) is 10.9. The van der Waals surface area contributed by atoms with Gasteiger partial charge in [-0.15, -0.1) is 0 Å². The predicted octanol–water partition coefficient (Wildman–Crippen LogP) is 1.56. The highest BCUT2D eigenvalue weighted by Gasteiger charge is 2.14. The van der Waals surface area contributed by atoms with Crippen LogP contribution in [0.3, 0.4) is 0 Å². The zero-order chi connectivity index (χ0) is 10.7. The molecule has 0 aliphatic heterocycles. The van der Waals surface area contributed by atoms with Gasteiger partial charge in [0.2, 0.25) is 0 Å². The zero-order valence-electron chi connectivity index (χ0n) is 7.28. The van der Waals surface area contributed by atoms with Crippen LogP contribution in [0.25, 0.3) is 0 Å². The molecular weight excluding hydrogens is 299 g/mol. The molecule has 0 heterocycles. The Morgan fingerprint density at radius 2 is 2.21 bits per heavy atom. The molecule has 0 aliphatic carbocycles. The zero-order valence-corrected chi connectivity index (χ0v) is 9.44. The number of nitro benzene ring substituents is 1. The Morgan fingerprint density at radius 1 is 1.57 bits per heavy atom. The lowest BCUT2D eigenvalue weighted by atomic mass is 10.2. The van der Waals surface area contributed by atoms with Gasteiger partial charge in [-0.25, -0.2) is 0 Å². The molecule has 0 aliphatic rings. The Balaban J connectivity index is 3.19. The van der Waals surface area contributed by atoms with Crippen molar-refractivity contribution >= 4 is 34.2 Å². The van der Waals surface area contributed by atoms with Crippen molar-refractivity contribution in [1.82, 2.24) is 5.32 Å². The van der Waals surface area contributed by atoms with Crippen LogP contribution in [-0.2, 0) is 0 Å². The van der Waals surface area contributed by atoms with Crippen LogP contribution in [0.15, 0.2) is 18.2 Å². The number of amides is 1. The maximum atomic E-state index is 11.2. The van der Waals surface area contributed by atoms with Crippen LogP contribution in [0, 0.1) is 13.7 Å². The van der Waals surface area contributed by atoms with Crippen molar-refractivity contribution in [3.63, 3.8) is 0 Å². The number of carbonyl (C=O) groups is 1. The van der Waals surface area contributed by atoms with Crippen molar-refractivity contribution in [3.05, 3.63) is 37.4 Å². The number of rotatable bonds is 2. The van der Waals surface area contributed by atoms with Gasteiger partial charge in [-0.05, 0) is 34.7 Å². The lowest BCUT2D eigenvalue weighted by Gasteiger charge is -2.00. The van der Waals surface area contributed by atoms with E-state index in [0.717, 1.165) is 0 Å². The van der Waals surface area contributed by atoms with Crippen molar-refractivity contribution < 1.29 is 9.72 Å². The monoisotopic (exact) mass is 306 g/mol. The summed E-state index contributed by atoms with van der Waals surface area (Å²) in [6.07, 6.45) is 0. The van der Waals surface area contributed by atoms with Gasteiger partial charge in [-0.2, -0.15) is 0 Å². The minimum atomic E-state index is -0.506. The Labute approximate surface area is 93.8 Å². The van der Waals surface area contributed by atoms with Gasteiger partial charge in [-0.3, -0.25) is 14.9 Å². The molecule has 1 amide bonds. The number of nitrogens with one attached hydrogen (secondary N) is 1. The second-order valence-electron chi connectivity index (χ2n) is 2.50. The minimum absolute atomic E-state index is 0.0494. The molecule has 1 N–H and O–H groups in total. The number of nitrogens with zero attached hydrogens (tertiary/aromatic N) is 1. The molecule has 0 saturated carbocycles. The summed E-state index contributed by atoms with van der Waals surface area (Å²) in [4.78, 5) is 21.2. The lowest BCUT2D eigenvalue weighted by Crippen LogP contribution is -2.17. The average molecular weight is 306 g/mol. The smallest absolute Gasteiger partial charge is 0.283 e. The molecule has 0 aromatic heterocycles. The molecule has 1 aromatic rings. The van der Waals surface area contributed by atoms with Crippen LogP contribution in [0.2, 0.25) is 0 Å². The van der Waals surface area contributed by atoms with Gasteiger partial charge < -0.3 is 5.32 Å². The molecule has 6 heteroatoms. The van der Waals surface area contributed by atoms with Crippen molar-refractivity contribution in [2.45, 2.75) is 0 Å². The second kappa shape index (κ2) is 4.36. The molecule has 0 bridgehead atoms. The van der Waals surface area contributed by atoms with Crippen LogP contribution in [0.1, 0.15) is 10.4 Å². The van der Waals surface area contributed by atoms with Crippen LogP contribution >= 0.6 is 22.6 Å². The largest absolute Gasteiger partial charge is 0.355 e. The fraction of sp³-hybridized carbons (Fsp3) is 0.125. The van der Waals surface area contributed by atoms with Gasteiger partial charge in [0.05, 0.1) is 8.49 Å². The Hall–Kier alpha value is -1.18. The first-order valence-electron chi connectivity index (χ1n) is 3.72. The van der Waals surface area contributed by atoms with Crippen molar-refractivity contribution in [1.29, 1.82) is 0 Å². The molecule has 0 fully saturated rings. The molecule has 0 atom stereocenters. The summed E-state index contributed by atoms with van der Waals surface area (Å²) >= 11 is 1.85. The van der Waals surface area contributed by atoms with E-state index in [1.165, 1.54) is 13.1 Å². The molecule has 0 unspecified atom stereocenters. The Kier molecular flexibility index (Phi) is 3.39. The number of nitro groups is 1. The Bertz CT molecular complexity index is 392. The highest BCUT2D eigenvalue weighted by molar-refractivity contribution is 14.1. The molecule has 74 valence electrons. The van der Waals surface area contributed by atoms with E-state index in [4.69, 9.17) is 0 Å². The van der Waals surface area contributed by atoms with E-state index in [0.29, 0.717) is 9.13 Å². The van der Waals surface area contributed by atoms with Crippen molar-refractivity contribution in [3.8, 4) is 0 Å². The summed E-state index contributed by atoms with van der Waals surface area (Å²) in [7, 11) is 1.48. The van der Waals surface area contributed by atoms with Crippen LogP contribution in [0.5, 0.6) is 0 Å². The van der Waals surface area contributed by atoms with Crippen molar-refractivity contribution in [2.24, 2.45) is 0 Å². The predicted molar refractivity (Wildman–Crippen MR) is 59.2 cm³/mol. The third-order valence-corrected chi connectivity index (χ3v) is 2.54. The highest BCUT2D eigenvalue weighted by atomic mass is 127. The molecule has 0 radical (unpaired) electrons. The fourth-order valence-corrected chi connectivity index (χ4v) is 1.47. The van der Waals surface area contributed by atoms with Gasteiger partial charge in [0, 0.05) is 18.7 Å². The molecule has 0 spiro atoms. The molecule has 0 saturated heterocycles. The third kappa shape index (κ3) is 2.19. The number of benzene rings is 1. The van der Waals surface area contributed by atoms with Gasteiger partial charge in [0.25, 0.3) is 11.6 Å². The van der Waals surface area contributed by atoms with E-state index in [9.17, 15) is 14.9 Å². The van der Waals surface area contributed by atoms with Crippen LogP contribution < -0.4 is 5.32 Å². The van der Waals surface area contributed by atoms with Crippen LogP contribution in [-0.4, -0.2) is 17.9 Å². The SMILES string of the molecule is CNC(=O)c1ccc(I)c([N+](=O)[O-])c1. The maximum Gasteiger partial charge on any atom is 0.283 e. The molecule has 1 rings (SSSR count). The molecule has 5 nitrogen and oxygen atoms in total. The molecular formula is C8H7IN2O3. The summed E-state index contributed by atoms with van der Waals surface area (Å²) in [5.74, 6) is -0.329. The van der Waals surface area contributed by atoms with Crippen molar-refractivity contribution in [2.75, 3.05) is 7.05 Å². The summed E-state index contributed by atoms with van der Waals surface area (Å²) in [6.45, 7) is 0. The topological polar surface area (TPSA) is 72.2 Å². The van der Waals surface area contributed by atoms with E-state index < -0.39 is 4.92 Å². The minimum Gasteiger partial charge on any atom is -0.355 e. The first-order chi connectivity index (χ1) is 6.56. The molecule has 14 heavy (non-hydrogen) atoms. The van der Waals surface area contributed by atoms with E-state index in [1.54, 1.807) is 12.1 Å². The summed E-state index contributed by atoms with van der Waals surface area (Å²) in [5.41, 5.74) is 0.242. The number of carbonyl (C=O) groups excluding carboxylic acids is 1. The maximum absolute atomic E-state index is 11.2. The van der Waals surface area contributed by atoms with Crippen LogP contribution in [0.4, 0.5) is 5.69 Å². The number of hydrogen-bond acceptors (Lipinski definition) is 3. The first-order valence-corrected chi connectivity index (χ1v) is 4.80. The number of halogens is 1. The van der Waals surface area contributed by atoms with Gasteiger partial charge in [0.15, 0.2) is 0 Å². The summed E-state index contributed by atoms with van der Waals surface area (Å²) < 4.78 is 0.514.